The maximum absolute atomic E-state index is 10.3. The maximum atomic E-state index is 10.3. The van der Waals surface area contributed by atoms with Gasteiger partial charge in [-0.1, -0.05) is 36.5 Å². The van der Waals surface area contributed by atoms with Gasteiger partial charge in [-0.05, 0) is 12.1 Å². The number of benzene rings is 1. The number of carbonyl (C=O) groups is 1. The molecule has 0 atom stereocenters. The van der Waals surface area contributed by atoms with Crippen molar-refractivity contribution in [3.8, 4) is 11.3 Å². The average Bonchev–Trinajstić information content (AvgIpc) is 2.93. The first kappa shape index (κ1) is 13.5. The molecule has 3 nitrogen and oxygen atoms in total. The summed E-state index contributed by atoms with van der Waals surface area (Å²) in [4.78, 5) is 11.0. The molecule has 0 unspecified atom stereocenters. The summed E-state index contributed by atoms with van der Waals surface area (Å²) in [6.45, 7) is 0. The van der Waals surface area contributed by atoms with Gasteiger partial charge in [0.15, 0.2) is 0 Å². The third kappa shape index (κ3) is 3.29. The van der Waals surface area contributed by atoms with E-state index in [1.807, 2.05) is 43.4 Å². The number of thiocarbonyl (C=S) groups is 1. The first-order chi connectivity index (χ1) is 9.24. The van der Waals surface area contributed by atoms with Gasteiger partial charge in [0, 0.05) is 31.0 Å². The van der Waals surface area contributed by atoms with Crippen LogP contribution in [0.2, 0.25) is 0 Å². The predicted molar refractivity (Wildman–Crippen MR) is 79.3 cm³/mol. The number of hydrogen-bond acceptors (Lipinski definition) is 3. The van der Waals surface area contributed by atoms with Crippen LogP contribution >= 0.6 is 12.2 Å². The minimum atomic E-state index is 0.488. The molecule has 98 valence electrons. The zero-order valence-corrected chi connectivity index (χ0v) is 11.5. The van der Waals surface area contributed by atoms with Gasteiger partial charge in [0.1, 0.15) is 22.8 Å². The van der Waals surface area contributed by atoms with E-state index in [4.69, 9.17) is 16.6 Å². The fourth-order valence-electron chi connectivity index (χ4n) is 1.80. The first-order valence-corrected chi connectivity index (χ1v) is 6.50. The van der Waals surface area contributed by atoms with Crippen LogP contribution in [0, 0.1) is 0 Å². The Labute approximate surface area is 117 Å². The van der Waals surface area contributed by atoms with Gasteiger partial charge in [-0.25, -0.2) is 0 Å². The average molecular weight is 273 g/mol. The van der Waals surface area contributed by atoms with Crippen molar-refractivity contribution in [3.63, 3.8) is 0 Å². The molecule has 4 heteroatoms. The SMILES string of the molecule is CNC(=S)c1ccc(-c2ccc(CCC=O)o2)cc1. The van der Waals surface area contributed by atoms with Crippen molar-refractivity contribution in [1.29, 1.82) is 0 Å². The second-order valence-corrected chi connectivity index (χ2v) is 4.54. The topological polar surface area (TPSA) is 42.2 Å². The molecule has 0 aliphatic heterocycles. The van der Waals surface area contributed by atoms with E-state index in [2.05, 4.69) is 5.32 Å². The lowest BCUT2D eigenvalue weighted by molar-refractivity contribution is -0.107. The predicted octanol–water partition coefficient (Wildman–Crippen LogP) is 2.97. The molecule has 0 fully saturated rings. The van der Waals surface area contributed by atoms with Crippen LogP contribution in [0.5, 0.6) is 0 Å². The molecule has 1 heterocycles. The standard InChI is InChI=1S/C15H15NO2S/c1-16-15(19)12-6-4-11(5-7-12)14-9-8-13(18-14)3-2-10-17/h4-10H,2-3H2,1H3,(H,16,19). The molecule has 0 saturated carbocycles. The highest BCUT2D eigenvalue weighted by atomic mass is 32.1. The number of aldehydes is 1. The van der Waals surface area contributed by atoms with Crippen molar-refractivity contribution in [2.45, 2.75) is 12.8 Å². The fraction of sp³-hybridized carbons (Fsp3) is 0.200. The van der Waals surface area contributed by atoms with E-state index < -0.39 is 0 Å². The van der Waals surface area contributed by atoms with E-state index in [1.54, 1.807) is 0 Å². The molecule has 1 aromatic heterocycles. The van der Waals surface area contributed by atoms with Gasteiger partial charge in [0.05, 0.1) is 0 Å². The smallest absolute Gasteiger partial charge is 0.134 e. The molecule has 0 saturated heterocycles. The lowest BCUT2D eigenvalue weighted by Crippen LogP contribution is -2.16. The van der Waals surface area contributed by atoms with E-state index in [9.17, 15) is 4.79 Å². The molecular formula is C15H15NO2S. The Kier molecular flexibility index (Phi) is 4.47. The Morgan fingerprint density at radius 2 is 2.00 bits per heavy atom. The zero-order chi connectivity index (χ0) is 13.7. The van der Waals surface area contributed by atoms with Gasteiger partial charge in [-0.15, -0.1) is 0 Å². The van der Waals surface area contributed by atoms with Crippen molar-refractivity contribution in [2.75, 3.05) is 7.05 Å². The monoisotopic (exact) mass is 273 g/mol. The molecule has 0 radical (unpaired) electrons. The third-order valence-electron chi connectivity index (χ3n) is 2.83. The van der Waals surface area contributed by atoms with Gasteiger partial charge < -0.3 is 14.5 Å². The fourth-order valence-corrected chi connectivity index (χ4v) is 1.93. The van der Waals surface area contributed by atoms with Crippen LogP contribution in [0.4, 0.5) is 0 Å². The number of hydrogen-bond donors (Lipinski definition) is 1. The molecule has 0 aliphatic carbocycles. The largest absolute Gasteiger partial charge is 0.461 e. The summed E-state index contributed by atoms with van der Waals surface area (Å²) < 4.78 is 5.69. The number of carbonyl (C=O) groups excluding carboxylic acids is 1. The van der Waals surface area contributed by atoms with Crippen LogP contribution in [0.15, 0.2) is 40.8 Å². The van der Waals surface area contributed by atoms with Crippen LogP contribution < -0.4 is 5.32 Å². The molecule has 0 spiro atoms. The first-order valence-electron chi connectivity index (χ1n) is 6.09. The Balaban J connectivity index is 2.15. The van der Waals surface area contributed by atoms with E-state index in [-0.39, 0.29) is 0 Å². The van der Waals surface area contributed by atoms with Gasteiger partial charge >= 0.3 is 0 Å². The Morgan fingerprint density at radius 1 is 1.26 bits per heavy atom. The summed E-state index contributed by atoms with van der Waals surface area (Å²) >= 11 is 5.17. The van der Waals surface area contributed by atoms with E-state index >= 15 is 0 Å². The Hall–Kier alpha value is -1.94. The molecule has 19 heavy (non-hydrogen) atoms. The summed E-state index contributed by atoms with van der Waals surface area (Å²) in [6.07, 6.45) is 2.03. The normalized spacial score (nSPS) is 10.2. The summed E-state index contributed by atoms with van der Waals surface area (Å²) in [5, 5.41) is 2.94. The number of furan rings is 1. The van der Waals surface area contributed by atoms with Crippen LogP contribution in [-0.2, 0) is 11.2 Å². The molecule has 0 amide bonds. The summed E-state index contributed by atoms with van der Waals surface area (Å²) in [5.74, 6) is 1.64. The van der Waals surface area contributed by atoms with E-state index in [1.165, 1.54) is 0 Å². The lowest BCUT2D eigenvalue weighted by Gasteiger charge is -2.03. The molecule has 2 aromatic rings. The second-order valence-electron chi connectivity index (χ2n) is 4.13. The maximum Gasteiger partial charge on any atom is 0.134 e. The van der Waals surface area contributed by atoms with E-state index in [0.717, 1.165) is 33.9 Å². The quantitative estimate of drug-likeness (QED) is 0.672. The van der Waals surface area contributed by atoms with Crippen molar-refractivity contribution < 1.29 is 9.21 Å². The lowest BCUT2D eigenvalue weighted by atomic mass is 10.1. The van der Waals surface area contributed by atoms with Crippen LogP contribution in [0.1, 0.15) is 17.7 Å². The molecule has 1 N–H and O–H groups in total. The second kappa shape index (κ2) is 6.29. The van der Waals surface area contributed by atoms with Crippen LogP contribution in [0.25, 0.3) is 11.3 Å². The Morgan fingerprint density at radius 3 is 2.63 bits per heavy atom. The summed E-state index contributed by atoms with van der Waals surface area (Å²) in [6, 6.07) is 11.7. The summed E-state index contributed by atoms with van der Waals surface area (Å²) in [5.41, 5.74) is 1.98. The van der Waals surface area contributed by atoms with Gasteiger partial charge in [-0.3, -0.25) is 0 Å². The van der Waals surface area contributed by atoms with Gasteiger partial charge in [-0.2, -0.15) is 0 Å². The van der Waals surface area contributed by atoms with Gasteiger partial charge in [0.2, 0.25) is 0 Å². The minimum Gasteiger partial charge on any atom is -0.461 e. The molecule has 1 aromatic carbocycles. The molecular weight excluding hydrogens is 258 g/mol. The third-order valence-corrected chi connectivity index (χ3v) is 3.27. The Bertz CT molecular complexity index is 572. The van der Waals surface area contributed by atoms with Crippen LogP contribution in [-0.4, -0.2) is 18.3 Å². The molecule has 0 bridgehead atoms. The van der Waals surface area contributed by atoms with Crippen LogP contribution in [0.3, 0.4) is 0 Å². The number of aryl methyl sites for hydroxylation is 1. The van der Waals surface area contributed by atoms with E-state index in [0.29, 0.717) is 12.8 Å². The van der Waals surface area contributed by atoms with Gasteiger partial charge in [0.25, 0.3) is 0 Å². The molecule has 0 aliphatic rings. The van der Waals surface area contributed by atoms with Crippen molar-refractivity contribution >= 4 is 23.5 Å². The highest BCUT2D eigenvalue weighted by Gasteiger charge is 2.05. The molecule has 2 rings (SSSR count). The minimum absolute atomic E-state index is 0.488. The number of rotatable bonds is 5. The highest BCUT2D eigenvalue weighted by molar-refractivity contribution is 7.80. The van der Waals surface area contributed by atoms with Crippen molar-refractivity contribution in [2.24, 2.45) is 0 Å². The zero-order valence-electron chi connectivity index (χ0n) is 10.7. The van der Waals surface area contributed by atoms with Crippen molar-refractivity contribution in [1.82, 2.24) is 5.32 Å². The summed E-state index contributed by atoms with van der Waals surface area (Å²) in [7, 11) is 1.81. The number of nitrogens with one attached hydrogen (secondary N) is 1. The highest BCUT2D eigenvalue weighted by Crippen LogP contribution is 2.23. The van der Waals surface area contributed by atoms with Crippen molar-refractivity contribution in [3.05, 3.63) is 47.7 Å².